The second kappa shape index (κ2) is 8.15. The summed E-state index contributed by atoms with van der Waals surface area (Å²) < 4.78 is 0. The topological polar surface area (TPSA) is 49.4 Å². The first-order valence-corrected chi connectivity index (χ1v) is 9.43. The smallest absolute Gasteiger partial charge is 0.252 e. The lowest BCUT2D eigenvalue weighted by atomic mass is 10.00. The monoisotopic (exact) mass is 402 g/mol. The van der Waals surface area contributed by atoms with Crippen LogP contribution in [0.25, 0.3) is 0 Å². The Bertz CT molecular complexity index is 897. The van der Waals surface area contributed by atoms with Crippen molar-refractivity contribution in [1.29, 1.82) is 0 Å². The van der Waals surface area contributed by atoms with Gasteiger partial charge in [0.2, 0.25) is 0 Å². The maximum atomic E-state index is 12.8. The number of nitrogens with one attached hydrogen (secondary N) is 1. The summed E-state index contributed by atoms with van der Waals surface area (Å²) in [5.74, 6) is -0.432. The summed E-state index contributed by atoms with van der Waals surface area (Å²) in [5.41, 5.74) is 0.577. The SMILES string of the molecule is CC1(NC(=O)c2cccc(Cl)c2)CCN(C=CCc2cccc(Cl)c2)C1=O. The van der Waals surface area contributed by atoms with Crippen molar-refractivity contribution in [3.05, 3.63) is 82.0 Å². The standard InChI is InChI=1S/C21H20Cl2N2O2/c1-21(24-19(26)16-7-3-9-18(23)14-16)10-12-25(20(21)27)11-4-6-15-5-2-8-17(22)13-15/h2-5,7-9,11,13-14H,6,10,12H2,1H3,(H,24,26). The molecule has 140 valence electrons. The molecule has 0 bridgehead atoms. The third-order valence-corrected chi connectivity index (χ3v) is 5.06. The predicted octanol–water partition coefficient (Wildman–Crippen LogP) is 4.47. The number of allylic oxidation sites excluding steroid dienone is 1. The Balaban J connectivity index is 1.62. The minimum atomic E-state index is -0.931. The Morgan fingerprint density at radius 2 is 1.89 bits per heavy atom. The highest BCUT2D eigenvalue weighted by Crippen LogP contribution is 2.24. The van der Waals surface area contributed by atoms with Crippen molar-refractivity contribution in [3.8, 4) is 0 Å². The first-order valence-electron chi connectivity index (χ1n) is 8.68. The minimum Gasteiger partial charge on any atom is -0.338 e. The third kappa shape index (κ3) is 4.71. The van der Waals surface area contributed by atoms with E-state index in [-0.39, 0.29) is 11.8 Å². The van der Waals surface area contributed by atoms with Crippen molar-refractivity contribution in [2.45, 2.75) is 25.3 Å². The van der Waals surface area contributed by atoms with E-state index in [1.54, 1.807) is 42.3 Å². The summed E-state index contributed by atoms with van der Waals surface area (Å²) in [6.45, 7) is 2.31. The number of halogens is 2. The molecule has 1 aliphatic heterocycles. The molecule has 2 aromatic carbocycles. The molecule has 3 rings (SSSR count). The number of rotatable bonds is 5. The van der Waals surface area contributed by atoms with Crippen LogP contribution in [0.15, 0.2) is 60.8 Å². The number of carbonyl (C=O) groups excluding carboxylic acids is 2. The molecule has 6 heteroatoms. The summed E-state index contributed by atoms with van der Waals surface area (Å²) in [7, 11) is 0. The lowest BCUT2D eigenvalue weighted by molar-refractivity contribution is -0.130. The van der Waals surface area contributed by atoms with Gasteiger partial charge in [-0.2, -0.15) is 0 Å². The van der Waals surface area contributed by atoms with Gasteiger partial charge in [0.05, 0.1) is 0 Å². The van der Waals surface area contributed by atoms with Gasteiger partial charge in [0.1, 0.15) is 5.54 Å². The Morgan fingerprint density at radius 1 is 1.19 bits per heavy atom. The Morgan fingerprint density at radius 3 is 2.59 bits per heavy atom. The zero-order chi connectivity index (χ0) is 19.4. The molecule has 0 saturated carbocycles. The molecule has 0 aromatic heterocycles. The van der Waals surface area contributed by atoms with Gasteiger partial charge in [-0.3, -0.25) is 9.59 Å². The molecule has 0 radical (unpaired) electrons. The fraction of sp³-hybridized carbons (Fsp3) is 0.238. The van der Waals surface area contributed by atoms with Crippen molar-refractivity contribution in [2.75, 3.05) is 6.54 Å². The molecule has 2 aromatic rings. The molecular formula is C21H20Cl2N2O2. The highest BCUT2D eigenvalue weighted by Gasteiger charge is 2.43. The highest BCUT2D eigenvalue weighted by molar-refractivity contribution is 6.31. The third-order valence-electron chi connectivity index (χ3n) is 4.59. The van der Waals surface area contributed by atoms with Crippen molar-refractivity contribution in [3.63, 3.8) is 0 Å². The first kappa shape index (κ1) is 19.5. The van der Waals surface area contributed by atoms with Crippen LogP contribution < -0.4 is 5.32 Å². The largest absolute Gasteiger partial charge is 0.338 e. The number of carbonyl (C=O) groups is 2. The van der Waals surface area contributed by atoms with E-state index in [1.807, 2.05) is 30.3 Å². The van der Waals surface area contributed by atoms with E-state index in [0.29, 0.717) is 35.0 Å². The van der Waals surface area contributed by atoms with Crippen molar-refractivity contribution >= 4 is 35.0 Å². The molecule has 1 heterocycles. The molecule has 1 N–H and O–H groups in total. The van der Waals surface area contributed by atoms with Crippen LogP contribution in [0.4, 0.5) is 0 Å². The minimum absolute atomic E-state index is 0.125. The second-order valence-corrected chi connectivity index (χ2v) is 7.64. The van der Waals surface area contributed by atoms with Crippen LogP contribution in [0, 0.1) is 0 Å². The summed E-state index contributed by atoms with van der Waals surface area (Å²) in [5, 5.41) is 4.03. The van der Waals surface area contributed by atoms with E-state index in [0.717, 1.165) is 5.56 Å². The number of likely N-dealkylation sites (tertiary alicyclic amines) is 1. The van der Waals surface area contributed by atoms with Gasteiger partial charge in [0, 0.05) is 28.4 Å². The molecule has 4 nitrogen and oxygen atoms in total. The van der Waals surface area contributed by atoms with Crippen LogP contribution in [0.5, 0.6) is 0 Å². The summed E-state index contributed by atoms with van der Waals surface area (Å²) >= 11 is 11.9. The van der Waals surface area contributed by atoms with Crippen molar-refractivity contribution < 1.29 is 9.59 Å². The molecule has 0 spiro atoms. The van der Waals surface area contributed by atoms with Crippen LogP contribution in [0.1, 0.15) is 29.3 Å². The van der Waals surface area contributed by atoms with E-state index in [9.17, 15) is 9.59 Å². The first-order chi connectivity index (χ1) is 12.9. The molecule has 1 saturated heterocycles. The highest BCUT2D eigenvalue weighted by atomic mass is 35.5. The molecular weight excluding hydrogens is 383 g/mol. The van der Waals surface area contributed by atoms with E-state index in [2.05, 4.69) is 5.32 Å². The molecule has 1 aliphatic rings. The van der Waals surface area contributed by atoms with E-state index in [4.69, 9.17) is 23.2 Å². The Kier molecular flexibility index (Phi) is 5.88. The second-order valence-electron chi connectivity index (χ2n) is 6.76. The van der Waals surface area contributed by atoms with Crippen LogP contribution in [-0.2, 0) is 11.2 Å². The van der Waals surface area contributed by atoms with E-state index in [1.165, 1.54) is 0 Å². The van der Waals surface area contributed by atoms with Gasteiger partial charge in [-0.15, -0.1) is 0 Å². The Labute approximate surface area is 168 Å². The van der Waals surface area contributed by atoms with Gasteiger partial charge < -0.3 is 10.2 Å². The van der Waals surface area contributed by atoms with E-state index >= 15 is 0 Å². The van der Waals surface area contributed by atoms with Crippen LogP contribution in [0.3, 0.4) is 0 Å². The lowest BCUT2D eigenvalue weighted by Crippen LogP contribution is -2.51. The number of benzene rings is 2. The van der Waals surface area contributed by atoms with Gasteiger partial charge in [-0.05, 0) is 55.7 Å². The predicted molar refractivity (Wildman–Crippen MR) is 108 cm³/mol. The molecule has 27 heavy (non-hydrogen) atoms. The number of nitrogens with zero attached hydrogens (tertiary/aromatic N) is 1. The quantitative estimate of drug-likeness (QED) is 0.801. The maximum absolute atomic E-state index is 12.8. The summed E-state index contributed by atoms with van der Waals surface area (Å²) in [6, 6.07) is 14.3. The molecule has 0 aliphatic carbocycles. The normalized spacial score (nSPS) is 19.7. The van der Waals surface area contributed by atoms with Crippen molar-refractivity contribution in [2.24, 2.45) is 0 Å². The van der Waals surface area contributed by atoms with Gasteiger partial charge in [0.15, 0.2) is 0 Å². The molecule has 1 fully saturated rings. The number of amides is 2. The average Bonchev–Trinajstić information content (AvgIpc) is 2.90. The number of hydrogen-bond donors (Lipinski definition) is 1. The van der Waals surface area contributed by atoms with Crippen LogP contribution in [0.2, 0.25) is 10.0 Å². The van der Waals surface area contributed by atoms with Crippen molar-refractivity contribution in [1.82, 2.24) is 10.2 Å². The van der Waals surface area contributed by atoms with Gasteiger partial charge >= 0.3 is 0 Å². The lowest BCUT2D eigenvalue weighted by Gasteiger charge is -2.24. The maximum Gasteiger partial charge on any atom is 0.252 e. The van der Waals surface area contributed by atoms with Gasteiger partial charge in [0.25, 0.3) is 11.8 Å². The van der Waals surface area contributed by atoms with Crippen LogP contribution >= 0.6 is 23.2 Å². The zero-order valence-corrected chi connectivity index (χ0v) is 16.4. The summed E-state index contributed by atoms with van der Waals surface area (Å²) in [4.78, 5) is 26.9. The molecule has 1 atom stereocenters. The van der Waals surface area contributed by atoms with Gasteiger partial charge in [-0.1, -0.05) is 47.5 Å². The summed E-state index contributed by atoms with van der Waals surface area (Å²) in [6.07, 6.45) is 4.92. The average molecular weight is 403 g/mol. The fourth-order valence-corrected chi connectivity index (χ4v) is 3.46. The van der Waals surface area contributed by atoms with Crippen LogP contribution in [-0.4, -0.2) is 28.8 Å². The zero-order valence-electron chi connectivity index (χ0n) is 14.9. The molecule has 1 unspecified atom stereocenters. The number of hydrogen-bond acceptors (Lipinski definition) is 2. The molecule has 2 amide bonds. The van der Waals surface area contributed by atoms with E-state index < -0.39 is 5.54 Å². The Hall–Kier alpha value is -2.30. The fourth-order valence-electron chi connectivity index (χ4n) is 3.06. The van der Waals surface area contributed by atoms with Gasteiger partial charge in [-0.25, -0.2) is 0 Å².